The number of nitrogens with one attached hydrogen (secondary N) is 1. The minimum atomic E-state index is -1.19. The number of hydrogen-bond donors (Lipinski definition) is 1. The van der Waals surface area contributed by atoms with E-state index >= 15 is 0 Å². The Morgan fingerprint density at radius 3 is 2.72 bits per heavy atom. The zero-order valence-electron chi connectivity index (χ0n) is 21.1. The lowest BCUT2D eigenvalue weighted by Crippen LogP contribution is -2.64. The second-order valence-corrected chi connectivity index (χ2v) is 10.1. The van der Waals surface area contributed by atoms with Crippen molar-refractivity contribution in [1.29, 1.82) is 0 Å². The zero-order valence-corrected chi connectivity index (χ0v) is 21.1. The molecule has 2 aromatic rings. The van der Waals surface area contributed by atoms with Gasteiger partial charge in [0.25, 0.3) is 5.91 Å². The summed E-state index contributed by atoms with van der Waals surface area (Å²) in [6.45, 7) is 0.496. The summed E-state index contributed by atoms with van der Waals surface area (Å²) in [6, 6.07) is 12.2. The number of piperazine rings is 1. The van der Waals surface area contributed by atoms with Gasteiger partial charge in [0.15, 0.2) is 12.0 Å². The highest BCUT2D eigenvalue weighted by Gasteiger charge is 2.51. The maximum atomic E-state index is 14.1. The number of nitrogens with zero attached hydrogens (tertiary/aromatic N) is 2. The number of Topliss-reactive ketones (excluding diaryl/α,β-unsaturated/α-hetero) is 1. The molecule has 202 valence electrons. The van der Waals surface area contributed by atoms with E-state index in [-0.39, 0.29) is 55.2 Å². The summed E-state index contributed by atoms with van der Waals surface area (Å²) in [7, 11) is 0. The second-order valence-electron chi connectivity index (χ2n) is 10.1. The molecule has 1 N–H and O–H groups in total. The average Bonchev–Trinajstić information content (AvgIpc) is 3.41. The van der Waals surface area contributed by atoms with Crippen LogP contribution in [-0.4, -0.2) is 59.4 Å². The van der Waals surface area contributed by atoms with Crippen LogP contribution in [0.2, 0.25) is 0 Å². The first-order valence-corrected chi connectivity index (χ1v) is 13.0. The summed E-state index contributed by atoms with van der Waals surface area (Å²) in [6.07, 6.45) is 3.24. The number of allylic oxidation sites excluding steroid dienone is 2. The van der Waals surface area contributed by atoms with Crippen molar-refractivity contribution >= 4 is 17.6 Å². The molecular weight excluding hydrogens is 508 g/mol. The van der Waals surface area contributed by atoms with E-state index in [0.29, 0.717) is 6.61 Å². The van der Waals surface area contributed by atoms with Gasteiger partial charge in [0.05, 0.1) is 19.2 Å². The Bertz CT molecular complexity index is 1390. The van der Waals surface area contributed by atoms with Crippen molar-refractivity contribution in [2.45, 2.75) is 38.3 Å². The number of halogens is 2. The lowest BCUT2D eigenvalue weighted by molar-refractivity contribution is -0.168. The maximum Gasteiger partial charge on any atom is 0.276 e. The molecule has 10 heteroatoms. The number of fused-ring (bicyclic) bond motifs is 4. The van der Waals surface area contributed by atoms with Crippen LogP contribution in [0.25, 0.3) is 0 Å². The number of rotatable bonds is 6. The molecule has 39 heavy (non-hydrogen) atoms. The third kappa shape index (κ3) is 4.69. The van der Waals surface area contributed by atoms with Crippen LogP contribution in [0, 0.1) is 17.6 Å². The van der Waals surface area contributed by atoms with Crippen LogP contribution in [0.1, 0.15) is 24.0 Å². The molecule has 3 heterocycles. The van der Waals surface area contributed by atoms with Crippen LogP contribution in [0.4, 0.5) is 8.78 Å². The fourth-order valence-corrected chi connectivity index (χ4v) is 5.67. The Morgan fingerprint density at radius 1 is 1.10 bits per heavy atom. The Hall–Kier alpha value is -4.05. The van der Waals surface area contributed by atoms with Gasteiger partial charge in [0.2, 0.25) is 11.7 Å². The molecule has 3 atom stereocenters. The van der Waals surface area contributed by atoms with Gasteiger partial charge in [-0.25, -0.2) is 8.78 Å². The number of carbonyl (C=O) groups excluding carboxylic acids is 3. The van der Waals surface area contributed by atoms with E-state index < -0.39 is 35.5 Å². The largest absolute Gasteiger partial charge is 0.483 e. The van der Waals surface area contributed by atoms with E-state index in [0.717, 1.165) is 36.1 Å². The molecule has 0 bridgehead atoms. The van der Waals surface area contributed by atoms with Gasteiger partial charge in [-0.05, 0) is 30.0 Å². The molecule has 1 aliphatic carbocycles. The van der Waals surface area contributed by atoms with Crippen LogP contribution in [0.3, 0.4) is 0 Å². The van der Waals surface area contributed by atoms with Crippen molar-refractivity contribution in [1.82, 2.24) is 15.1 Å². The third-order valence-electron chi connectivity index (χ3n) is 7.66. The Morgan fingerprint density at radius 2 is 1.92 bits per heavy atom. The molecule has 2 fully saturated rings. The van der Waals surface area contributed by atoms with E-state index in [2.05, 4.69) is 11.4 Å². The number of ketones is 1. The van der Waals surface area contributed by atoms with Crippen molar-refractivity contribution in [2.24, 2.45) is 5.92 Å². The van der Waals surface area contributed by atoms with Crippen LogP contribution in [0.5, 0.6) is 0 Å². The monoisotopic (exact) mass is 535 g/mol. The van der Waals surface area contributed by atoms with Crippen molar-refractivity contribution in [3.63, 3.8) is 0 Å². The van der Waals surface area contributed by atoms with E-state index in [9.17, 15) is 23.2 Å². The SMILES string of the molecule is O=C(NCc1ccc(F)cc1F)C1CN2CC3OCC4=CCC[C@@H]4N3C(=O)C2=C(OCc2ccccc2)C1=O. The van der Waals surface area contributed by atoms with Gasteiger partial charge >= 0.3 is 0 Å². The molecular formula is C29H27F2N3O5. The van der Waals surface area contributed by atoms with Gasteiger partial charge in [-0.1, -0.05) is 42.5 Å². The van der Waals surface area contributed by atoms with Gasteiger partial charge in [-0.2, -0.15) is 0 Å². The van der Waals surface area contributed by atoms with Crippen LogP contribution in [0.15, 0.2) is 71.6 Å². The first-order chi connectivity index (χ1) is 18.9. The van der Waals surface area contributed by atoms with Gasteiger partial charge in [-0.15, -0.1) is 0 Å². The molecule has 0 aromatic heterocycles. The first-order valence-electron chi connectivity index (χ1n) is 13.0. The topological polar surface area (TPSA) is 88.2 Å². The predicted octanol–water partition coefficient (Wildman–Crippen LogP) is 2.80. The van der Waals surface area contributed by atoms with Crippen LogP contribution < -0.4 is 5.32 Å². The van der Waals surface area contributed by atoms with Gasteiger partial charge in [0, 0.05) is 24.7 Å². The van der Waals surface area contributed by atoms with Gasteiger partial charge in [0.1, 0.15) is 29.9 Å². The number of amides is 2. The molecule has 0 spiro atoms. The lowest BCUT2D eigenvalue weighted by Gasteiger charge is -2.50. The van der Waals surface area contributed by atoms with Gasteiger partial charge in [-0.3, -0.25) is 14.4 Å². The average molecular weight is 536 g/mol. The van der Waals surface area contributed by atoms with Crippen molar-refractivity contribution in [2.75, 3.05) is 19.7 Å². The molecule has 0 saturated carbocycles. The summed E-state index contributed by atoms with van der Waals surface area (Å²) < 4.78 is 39.4. The standard InChI is InChI=1S/C29H27F2N3O5/c30-20-10-9-18(22(31)11-20)12-32-28(36)21-13-33-14-24-34(23-8-4-7-19(23)16-38-24)29(37)25(33)27(26(21)35)39-15-17-5-2-1-3-6-17/h1-3,5-7,9-11,21,23-24H,4,8,12-16H2,(H,32,36)/t21?,23-,24?/m0/s1. The lowest BCUT2D eigenvalue weighted by atomic mass is 9.92. The maximum absolute atomic E-state index is 14.1. The van der Waals surface area contributed by atoms with Crippen molar-refractivity contribution < 1.29 is 32.6 Å². The van der Waals surface area contributed by atoms with Gasteiger partial charge < -0.3 is 24.6 Å². The van der Waals surface area contributed by atoms with Crippen LogP contribution >= 0.6 is 0 Å². The van der Waals surface area contributed by atoms with Crippen LogP contribution in [-0.2, 0) is 37.0 Å². The molecule has 0 radical (unpaired) electrons. The van der Waals surface area contributed by atoms with E-state index in [1.807, 2.05) is 30.3 Å². The highest BCUT2D eigenvalue weighted by atomic mass is 19.1. The van der Waals surface area contributed by atoms with Crippen molar-refractivity contribution in [3.05, 3.63) is 94.4 Å². The number of hydrogen-bond acceptors (Lipinski definition) is 6. The Kier molecular flexibility index (Phi) is 6.64. The normalized spacial score (nSPS) is 24.2. The molecule has 2 aromatic carbocycles. The first kappa shape index (κ1) is 25.2. The molecule has 3 aliphatic heterocycles. The predicted molar refractivity (Wildman–Crippen MR) is 134 cm³/mol. The molecule has 2 saturated heterocycles. The molecule has 6 rings (SSSR count). The number of benzene rings is 2. The highest BCUT2D eigenvalue weighted by molar-refractivity contribution is 6.14. The molecule has 8 nitrogen and oxygen atoms in total. The summed E-state index contributed by atoms with van der Waals surface area (Å²) >= 11 is 0. The smallest absolute Gasteiger partial charge is 0.276 e. The quantitative estimate of drug-likeness (QED) is 0.452. The Labute approximate surface area is 223 Å². The molecule has 2 unspecified atom stereocenters. The summed E-state index contributed by atoms with van der Waals surface area (Å²) in [5.41, 5.74) is 2.08. The molecule has 2 amide bonds. The van der Waals surface area contributed by atoms with Crippen molar-refractivity contribution in [3.8, 4) is 0 Å². The zero-order chi connectivity index (χ0) is 27.1. The fraction of sp³-hybridized carbons (Fsp3) is 0.345. The number of carbonyl (C=O) groups is 3. The minimum Gasteiger partial charge on any atom is -0.483 e. The fourth-order valence-electron chi connectivity index (χ4n) is 5.67. The number of ether oxygens (including phenoxy) is 2. The minimum absolute atomic E-state index is 0.0379. The van der Waals surface area contributed by atoms with E-state index in [4.69, 9.17) is 9.47 Å². The van der Waals surface area contributed by atoms with E-state index in [1.165, 1.54) is 6.07 Å². The summed E-state index contributed by atoms with van der Waals surface area (Å²) in [4.78, 5) is 44.2. The third-order valence-corrected chi connectivity index (χ3v) is 7.66. The Balaban J connectivity index is 1.29. The molecule has 4 aliphatic rings. The summed E-state index contributed by atoms with van der Waals surface area (Å²) in [5, 5.41) is 2.59. The highest BCUT2D eigenvalue weighted by Crippen LogP contribution is 2.38. The second kappa shape index (κ2) is 10.3. The summed E-state index contributed by atoms with van der Waals surface area (Å²) in [5.74, 6) is -4.46. The van der Waals surface area contributed by atoms with E-state index in [1.54, 1.807) is 9.80 Å².